The van der Waals surface area contributed by atoms with E-state index in [0.717, 1.165) is 0 Å². The molecule has 0 aliphatic heterocycles. The third-order valence-corrected chi connectivity index (χ3v) is 1.85. The Bertz CT molecular complexity index is 336. The van der Waals surface area contributed by atoms with Crippen molar-refractivity contribution in [2.75, 3.05) is 13.7 Å². The smallest absolute Gasteiger partial charge is 0.337 e. The van der Waals surface area contributed by atoms with Crippen LogP contribution in [0.25, 0.3) is 0 Å². The number of halogens is 1. The average Bonchev–Trinajstić information content (AvgIpc) is 2.20. The van der Waals surface area contributed by atoms with E-state index in [1.165, 1.54) is 25.3 Å². The maximum atomic E-state index is 13.1. The Morgan fingerprint density at radius 3 is 2.86 bits per heavy atom. The maximum absolute atomic E-state index is 13.1. The molecule has 1 aromatic rings. The number of hydrogen-bond acceptors (Lipinski definition) is 3. The Balaban J connectivity index is 2.99. The molecule has 0 spiro atoms. The zero-order valence-electron chi connectivity index (χ0n) is 7.79. The molecule has 0 heterocycles. The second-order valence-corrected chi connectivity index (χ2v) is 2.77. The number of carbonyl (C=O) groups excluding carboxylic acids is 1. The maximum Gasteiger partial charge on any atom is 0.337 e. The molecule has 0 bridgehead atoms. The minimum absolute atomic E-state index is 0.151. The van der Waals surface area contributed by atoms with Gasteiger partial charge in [-0.05, 0) is 30.2 Å². The molecule has 0 amide bonds. The van der Waals surface area contributed by atoms with Crippen LogP contribution in [0.2, 0.25) is 0 Å². The van der Waals surface area contributed by atoms with Crippen molar-refractivity contribution in [2.45, 2.75) is 6.42 Å². The van der Waals surface area contributed by atoms with E-state index in [2.05, 4.69) is 4.74 Å². The first kappa shape index (κ1) is 10.7. The van der Waals surface area contributed by atoms with Gasteiger partial charge in [0.05, 0.1) is 12.7 Å². The van der Waals surface area contributed by atoms with Crippen molar-refractivity contribution in [3.63, 3.8) is 0 Å². The summed E-state index contributed by atoms with van der Waals surface area (Å²) in [6.45, 7) is -0.151. The van der Waals surface area contributed by atoms with Crippen LogP contribution in [0.5, 0.6) is 0 Å². The fourth-order valence-electron chi connectivity index (χ4n) is 1.13. The highest BCUT2D eigenvalue weighted by molar-refractivity contribution is 5.89. The molecule has 1 aromatic carbocycles. The van der Waals surface area contributed by atoms with Crippen LogP contribution in [-0.2, 0) is 11.2 Å². The fourth-order valence-corrected chi connectivity index (χ4v) is 1.13. The number of rotatable bonds is 3. The number of benzene rings is 1. The highest BCUT2D eigenvalue weighted by Gasteiger charge is 2.08. The highest BCUT2D eigenvalue weighted by atomic mass is 19.1. The molecule has 0 saturated carbocycles. The van der Waals surface area contributed by atoms with Crippen molar-refractivity contribution in [3.8, 4) is 0 Å². The number of esters is 1. The van der Waals surface area contributed by atoms with Crippen LogP contribution in [0.15, 0.2) is 18.2 Å². The van der Waals surface area contributed by atoms with E-state index < -0.39 is 11.8 Å². The van der Waals surface area contributed by atoms with Crippen LogP contribution in [0.3, 0.4) is 0 Å². The van der Waals surface area contributed by atoms with Crippen LogP contribution < -0.4 is 0 Å². The lowest BCUT2D eigenvalue weighted by Crippen LogP contribution is -2.04. The van der Waals surface area contributed by atoms with E-state index in [0.29, 0.717) is 5.56 Å². The van der Waals surface area contributed by atoms with Crippen LogP contribution in [-0.4, -0.2) is 24.8 Å². The Labute approximate surface area is 81.1 Å². The quantitative estimate of drug-likeness (QED) is 0.741. The first-order valence-corrected chi connectivity index (χ1v) is 4.16. The van der Waals surface area contributed by atoms with Crippen molar-refractivity contribution in [3.05, 3.63) is 35.1 Å². The monoisotopic (exact) mass is 198 g/mol. The second kappa shape index (κ2) is 4.72. The van der Waals surface area contributed by atoms with Gasteiger partial charge < -0.3 is 9.84 Å². The molecular formula is C10H11FO3. The summed E-state index contributed by atoms with van der Waals surface area (Å²) in [5.74, 6) is -0.934. The topological polar surface area (TPSA) is 46.5 Å². The zero-order valence-corrected chi connectivity index (χ0v) is 7.79. The standard InChI is InChI=1S/C10H11FO3/c1-14-10(13)8-2-3-9(11)7(6-8)4-5-12/h2-3,6,12H,4-5H2,1H3. The van der Waals surface area contributed by atoms with Crippen molar-refractivity contribution < 1.29 is 19.0 Å². The van der Waals surface area contributed by atoms with Gasteiger partial charge in [-0.1, -0.05) is 0 Å². The lowest BCUT2D eigenvalue weighted by atomic mass is 10.1. The van der Waals surface area contributed by atoms with Gasteiger partial charge in [-0.2, -0.15) is 0 Å². The molecule has 0 atom stereocenters. The van der Waals surface area contributed by atoms with Crippen LogP contribution in [0, 0.1) is 5.82 Å². The average molecular weight is 198 g/mol. The number of ether oxygens (including phenoxy) is 1. The van der Waals surface area contributed by atoms with Gasteiger partial charge in [0.2, 0.25) is 0 Å². The molecule has 14 heavy (non-hydrogen) atoms. The molecule has 3 nitrogen and oxygen atoms in total. The van der Waals surface area contributed by atoms with E-state index in [9.17, 15) is 9.18 Å². The Morgan fingerprint density at radius 1 is 1.57 bits per heavy atom. The summed E-state index contributed by atoms with van der Waals surface area (Å²) in [5.41, 5.74) is 0.604. The molecule has 0 radical (unpaired) electrons. The Morgan fingerprint density at radius 2 is 2.29 bits per heavy atom. The molecular weight excluding hydrogens is 187 g/mol. The van der Waals surface area contributed by atoms with Gasteiger partial charge in [0.1, 0.15) is 5.82 Å². The summed E-state index contributed by atoms with van der Waals surface area (Å²) in [6.07, 6.45) is 0.191. The van der Waals surface area contributed by atoms with Gasteiger partial charge in [-0.15, -0.1) is 0 Å². The van der Waals surface area contributed by atoms with E-state index in [-0.39, 0.29) is 18.6 Å². The molecule has 0 aliphatic carbocycles. The van der Waals surface area contributed by atoms with Gasteiger partial charge in [0, 0.05) is 6.61 Å². The number of hydrogen-bond donors (Lipinski definition) is 1. The van der Waals surface area contributed by atoms with Gasteiger partial charge >= 0.3 is 5.97 Å². The SMILES string of the molecule is COC(=O)c1ccc(F)c(CCO)c1. The first-order valence-electron chi connectivity index (χ1n) is 4.16. The van der Waals surface area contributed by atoms with Crippen LogP contribution in [0.4, 0.5) is 4.39 Å². The fraction of sp³-hybridized carbons (Fsp3) is 0.300. The molecule has 1 rings (SSSR count). The van der Waals surface area contributed by atoms with Crippen molar-refractivity contribution in [2.24, 2.45) is 0 Å². The highest BCUT2D eigenvalue weighted by Crippen LogP contribution is 2.11. The minimum atomic E-state index is -0.510. The van der Waals surface area contributed by atoms with E-state index in [4.69, 9.17) is 5.11 Å². The molecule has 0 unspecified atom stereocenters. The van der Waals surface area contributed by atoms with Crippen LogP contribution >= 0.6 is 0 Å². The number of methoxy groups -OCH3 is 1. The van der Waals surface area contributed by atoms with Crippen molar-refractivity contribution in [1.82, 2.24) is 0 Å². The molecule has 0 fully saturated rings. The zero-order chi connectivity index (χ0) is 10.6. The first-order chi connectivity index (χ1) is 6.69. The second-order valence-electron chi connectivity index (χ2n) is 2.77. The molecule has 0 saturated heterocycles. The summed E-state index contributed by atoms with van der Waals surface area (Å²) >= 11 is 0. The Hall–Kier alpha value is -1.42. The summed E-state index contributed by atoms with van der Waals surface area (Å²) in [4.78, 5) is 11.1. The molecule has 0 aliphatic rings. The molecule has 0 aromatic heterocycles. The summed E-state index contributed by atoms with van der Waals surface area (Å²) in [7, 11) is 1.26. The Kier molecular flexibility index (Phi) is 3.59. The van der Waals surface area contributed by atoms with Gasteiger partial charge in [0.15, 0.2) is 0 Å². The van der Waals surface area contributed by atoms with Gasteiger partial charge in [-0.25, -0.2) is 9.18 Å². The number of aliphatic hydroxyl groups is 1. The van der Waals surface area contributed by atoms with E-state index >= 15 is 0 Å². The normalized spacial score (nSPS) is 9.93. The lowest BCUT2D eigenvalue weighted by molar-refractivity contribution is 0.0600. The third-order valence-electron chi connectivity index (χ3n) is 1.85. The molecule has 76 valence electrons. The lowest BCUT2D eigenvalue weighted by Gasteiger charge is -2.03. The van der Waals surface area contributed by atoms with Gasteiger partial charge in [0.25, 0.3) is 0 Å². The summed E-state index contributed by atoms with van der Waals surface area (Å²) in [5, 5.41) is 8.65. The number of carbonyl (C=O) groups is 1. The van der Waals surface area contributed by atoms with Crippen molar-refractivity contribution >= 4 is 5.97 Å². The third kappa shape index (κ3) is 2.29. The van der Waals surface area contributed by atoms with E-state index in [1.54, 1.807) is 0 Å². The predicted octanol–water partition coefficient (Wildman–Crippen LogP) is 1.15. The molecule has 1 N–H and O–H groups in total. The van der Waals surface area contributed by atoms with E-state index in [1.807, 2.05) is 0 Å². The summed E-state index contributed by atoms with van der Waals surface area (Å²) in [6, 6.07) is 3.93. The largest absolute Gasteiger partial charge is 0.465 e. The number of aliphatic hydroxyl groups excluding tert-OH is 1. The minimum Gasteiger partial charge on any atom is -0.465 e. The molecule has 4 heteroatoms. The van der Waals surface area contributed by atoms with Crippen LogP contribution in [0.1, 0.15) is 15.9 Å². The van der Waals surface area contributed by atoms with Crippen molar-refractivity contribution in [1.29, 1.82) is 0 Å². The summed E-state index contributed by atoms with van der Waals surface area (Å²) < 4.78 is 17.5. The predicted molar refractivity (Wildman–Crippen MR) is 48.5 cm³/mol. The van der Waals surface area contributed by atoms with Gasteiger partial charge in [-0.3, -0.25) is 0 Å².